The van der Waals surface area contributed by atoms with E-state index in [2.05, 4.69) is 14.7 Å². The fraction of sp³-hybridized carbons (Fsp3) is 0.286. The van der Waals surface area contributed by atoms with Gasteiger partial charge in [0, 0.05) is 41.5 Å². The summed E-state index contributed by atoms with van der Waals surface area (Å²) in [7, 11) is 0. The Kier molecular flexibility index (Phi) is 7.99. The molecule has 0 bridgehead atoms. The van der Waals surface area contributed by atoms with E-state index in [4.69, 9.17) is 20.9 Å². The average molecular weight is 563 g/mol. The number of carbonyl (C=O) groups is 3. The molecule has 3 amide bonds. The molecule has 208 valence electrons. The summed E-state index contributed by atoms with van der Waals surface area (Å²) in [6.45, 7) is 3.30. The summed E-state index contributed by atoms with van der Waals surface area (Å²) in [6.07, 6.45) is 3.39. The molecule has 0 unspecified atom stereocenters. The zero-order valence-corrected chi connectivity index (χ0v) is 22.7. The third-order valence-electron chi connectivity index (χ3n) is 6.75. The number of rotatable bonds is 10. The van der Waals surface area contributed by atoms with Crippen LogP contribution >= 0.6 is 11.5 Å². The third kappa shape index (κ3) is 5.36. The fourth-order valence-electron chi connectivity index (χ4n) is 4.83. The van der Waals surface area contributed by atoms with Gasteiger partial charge in [-0.3, -0.25) is 19.3 Å². The average Bonchev–Trinajstić information content (AvgIpc) is 3.71. The van der Waals surface area contributed by atoms with E-state index >= 15 is 0 Å². The maximum atomic E-state index is 14.3. The molecule has 4 aromatic rings. The van der Waals surface area contributed by atoms with Gasteiger partial charge >= 0.3 is 0 Å². The van der Waals surface area contributed by atoms with Crippen LogP contribution in [0, 0.1) is 0 Å². The molecule has 0 radical (unpaired) electrons. The predicted octanol–water partition coefficient (Wildman–Crippen LogP) is 3.39. The molecule has 1 saturated heterocycles. The molecule has 6 N–H and O–H groups in total. The Morgan fingerprint density at radius 1 is 1.23 bits per heavy atom. The van der Waals surface area contributed by atoms with Gasteiger partial charge in [-0.15, -0.1) is 0 Å². The quantitative estimate of drug-likeness (QED) is 0.230. The van der Waals surface area contributed by atoms with Crippen molar-refractivity contribution < 1.29 is 23.9 Å². The van der Waals surface area contributed by atoms with Gasteiger partial charge in [-0.1, -0.05) is 18.2 Å². The smallest absolute Gasteiger partial charge is 0.273 e. The van der Waals surface area contributed by atoms with Crippen LogP contribution in [0.4, 0.5) is 11.4 Å². The van der Waals surface area contributed by atoms with Gasteiger partial charge in [0.1, 0.15) is 16.7 Å². The molecule has 12 heteroatoms. The fourth-order valence-corrected chi connectivity index (χ4v) is 5.57. The zero-order valence-electron chi connectivity index (χ0n) is 21.9. The Morgan fingerprint density at radius 2 is 2.00 bits per heavy atom. The second-order valence-electron chi connectivity index (χ2n) is 9.31. The van der Waals surface area contributed by atoms with Gasteiger partial charge in [0.2, 0.25) is 5.91 Å². The lowest BCUT2D eigenvalue weighted by Gasteiger charge is -2.31. The minimum atomic E-state index is -1.11. The summed E-state index contributed by atoms with van der Waals surface area (Å²) in [5, 5.41) is 3.77. The van der Waals surface area contributed by atoms with Crippen LogP contribution in [0.3, 0.4) is 0 Å². The van der Waals surface area contributed by atoms with E-state index in [0.717, 1.165) is 35.3 Å². The van der Waals surface area contributed by atoms with Crippen LogP contribution in [-0.4, -0.2) is 52.9 Å². The lowest BCUT2D eigenvalue weighted by Crippen LogP contribution is -2.45. The minimum Gasteiger partial charge on any atom is -0.494 e. The number of benzene rings is 2. The Morgan fingerprint density at radius 3 is 2.67 bits per heavy atom. The molecule has 1 fully saturated rings. The first-order valence-corrected chi connectivity index (χ1v) is 13.7. The first-order valence-electron chi connectivity index (χ1n) is 13.0. The molecule has 3 heterocycles. The monoisotopic (exact) mass is 562 g/mol. The van der Waals surface area contributed by atoms with E-state index in [0.29, 0.717) is 36.8 Å². The van der Waals surface area contributed by atoms with Crippen molar-refractivity contribution in [3.63, 3.8) is 0 Å². The maximum absolute atomic E-state index is 14.3. The third-order valence-corrected chi connectivity index (χ3v) is 7.60. The molecule has 1 aliphatic heterocycles. The van der Waals surface area contributed by atoms with Gasteiger partial charge < -0.3 is 31.2 Å². The van der Waals surface area contributed by atoms with E-state index in [-0.39, 0.29) is 22.4 Å². The van der Waals surface area contributed by atoms with Crippen LogP contribution in [0.15, 0.2) is 54.7 Å². The molecule has 5 rings (SSSR count). The number of primary amides is 1. The van der Waals surface area contributed by atoms with Gasteiger partial charge in [-0.25, -0.2) is 0 Å². The number of nitrogen functional groups attached to an aromatic ring is 1. The van der Waals surface area contributed by atoms with Crippen LogP contribution in [0.1, 0.15) is 51.5 Å². The Labute approximate surface area is 234 Å². The Balaban J connectivity index is 1.63. The summed E-state index contributed by atoms with van der Waals surface area (Å²) in [4.78, 5) is 44.7. The number of hydrogen-bond donors (Lipinski definition) is 4. The van der Waals surface area contributed by atoms with E-state index < -0.39 is 23.8 Å². The first-order chi connectivity index (χ1) is 19.4. The number of aromatic nitrogens is 2. The molecule has 11 nitrogen and oxygen atoms in total. The maximum Gasteiger partial charge on any atom is 0.273 e. The largest absolute Gasteiger partial charge is 0.494 e. The van der Waals surface area contributed by atoms with Crippen molar-refractivity contribution in [2.75, 3.05) is 30.4 Å². The van der Waals surface area contributed by atoms with Crippen molar-refractivity contribution in [2.45, 2.75) is 31.9 Å². The number of nitrogens with zero attached hydrogens (tertiary/aromatic N) is 2. The topological polar surface area (TPSA) is 166 Å². The van der Waals surface area contributed by atoms with Gasteiger partial charge in [0.25, 0.3) is 11.8 Å². The lowest BCUT2D eigenvalue weighted by atomic mass is 10.0. The van der Waals surface area contributed by atoms with Crippen LogP contribution in [0.25, 0.3) is 10.9 Å². The second-order valence-corrected chi connectivity index (χ2v) is 10.1. The van der Waals surface area contributed by atoms with Gasteiger partial charge in [-0.2, -0.15) is 4.37 Å². The highest BCUT2D eigenvalue weighted by Crippen LogP contribution is 2.36. The van der Waals surface area contributed by atoms with Crippen molar-refractivity contribution in [3.8, 4) is 5.75 Å². The van der Waals surface area contributed by atoms with Crippen molar-refractivity contribution in [3.05, 3.63) is 70.9 Å². The summed E-state index contributed by atoms with van der Waals surface area (Å²) in [6, 6.07) is 13.3. The zero-order chi connectivity index (χ0) is 28.2. The molecular formula is C28H30N6O5S. The number of anilines is 2. The molecule has 0 saturated carbocycles. The number of aromatic amines is 1. The van der Waals surface area contributed by atoms with Crippen LogP contribution in [0.5, 0.6) is 5.75 Å². The Bertz CT molecular complexity index is 1530. The molecule has 2 atom stereocenters. The van der Waals surface area contributed by atoms with Gasteiger partial charge in [-0.05, 0) is 61.6 Å². The van der Waals surface area contributed by atoms with Crippen LogP contribution < -0.4 is 26.4 Å². The van der Waals surface area contributed by atoms with Crippen LogP contribution in [0.2, 0.25) is 0 Å². The molecule has 40 heavy (non-hydrogen) atoms. The lowest BCUT2D eigenvalue weighted by molar-refractivity contribution is -0.123. The molecule has 2 aromatic heterocycles. The van der Waals surface area contributed by atoms with Gasteiger partial charge in [0.05, 0.1) is 18.4 Å². The normalized spacial score (nSPS) is 15.6. The van der Waals surface area contributed by atoms with Crippen molar-refractivity contribution in [1.29, 1.82) is 0 Å². The number of nitrogens with one attached hydrogen (secondary N) is 2. The number of H-pyrrole nitrogens is 1. The number of fused-ring (bicyclic) bond motifs is 1. The summed E-state index contributed by atoms with van der Waals surface area (Å²) in [5.41, 5.74) is 13.1. The summed E-state index contributed by atoms with van der Waals surface area (Å²) in [5.74, 6) is -1.24. The molecule has 2 aromatic carbocycles. The minimum absolute atomic E-state index is 0.000507. The van der Waals surface area contributed by atoms with Gasteiger partial charge in [0.15, 0.2) is 5.69 Å². The van der Waals surface area contributed by atoms with Crippen molar-refractivity contribution >= 4 is 51.5 Å². The van der Waals surface area contributed by atoms with E-state index in [9.17, 15) is 14.4 Å². The highest BCUT2D eigenvalue weighted by Gasteiger charge is 2.37. The molecule has 0 spiro atoms. The highest BCUT2D eigenvalue weighted by molar-refractivity contribution is 7.09. The first kappa shape index (κ1) is 27.2. The summed E-state index contributed by atoms with van der Waals surface area (Å²) < 4.78 is 15.3. The molecule has 0 aliphatic carbocycles. The van der Waals surface area contributed by atoms with E-state index in [1.165, 1.54) is 4.90 Å². The van der Waals surface area contributed by atoms with Crippen molar-refractivity contribution in [2.24, 2.45) is 5.73 Å². The Hall–Kier alpha value is -4.42. The summed E-state index contributed by atoms with van der Waals surface area (Å²) >= 11 is 0.759. The highest BCUT2D eigenvalue weighted by atomic mass is 32.1. The number of carbonyl (C=O) groups excluding carboxylic acids is 3. The second kappa shape index (κ2) is 11.8. The number of para-hydroxylation sites is 1. The molecular weight excluding hydrogens is 532 g/mol. The number of ether oxygens (including phenoxy) is 2. The number of amides is 3. The predicted molar refractivity (Wildman–Crippen MR) is 152 cm³/mol. The van der Waals surface area contributed by atoms with Crippen LogP contribution in [-0.2, 0) is 9.53 Å². The SMILES string of the molecule is CCOc1ccc(N(C(=O)c2snc(C(N)=O)c2N)[C@@H](C(=O)NC[C@@H]2CCCO2)c2c[nH]c3ccccc23)cc1. The number of hydrogen-bond acceptors (Lipinski definition) is 8. The van der Waals surface area contributed by atoms with E-state index in [1.807, 2.05) is 31.2 Å². The van der Waals surface area contributed by atoms with Crippen molar-refractivity contribution in [1.82, 2.24) is 14.7 Å². The van der Waals surface area contributed by atoms with E-state index in [1.54, 1.807) is 30.5 Å². The molecule has 1 aliphatic rings. The number of nitrogens with two attached hydrogens (primary N) is 2. The standard InChI is InChI=1S/C28H30N6O5S/c1-2-38-17-11-9-16(10-12-17)34(28(37)25-22(29)23(26(30)35)33-40-25)24(27(36)32-14-18-6-5-13-39-18)20-15-31-21-8-4-3-7-19(20)21/h3-4,7-12,15,18,24,31H,2,5-6,13-14,29H2,1H3,(H2,30,35)(H,32,36)/t18-,24+/m0/s1.